The van der Waals surface area contributed by atoms with Crippen LogP contribution in [-0.4, -0.2) is 14.6 Å². The Kier molecular flexibility index (Phi) is 4.13. The molecule has 0 aromatic heterocycles. The lowest BCUT2D eigenvalue weighted by Crippen LogP contribution is -2.18. The topological polar surface area (TPSA) is 82.3 Å². The van der Waals surface area contributed by atoms with Gasteiger partial charge in [-0.1, -0.05) is 30.3 Å². The smallest absolute Gasteiger partial charge is 0.200 e. The number of nitrogens with one attached hydrogen (secondary N) is 1. The van der Waals surface area contributed by atoms with E-state index in [0.29, 0.717) is 11.1 Å². The van der Waals surface area contributed by atoms with Crippen LogP contribution < -0.4 is 4.83 Å². The van der Waals surface area contributed by atoms with E-state index >= 15 is 0 Å². The maximum Gasteiger partial charge on any atom is 0.276 e. The van der Waals surface area contributed by atoms with Crippen molar-refractivity contribution in [2.24, 2.45) is 5.10 Å². The molecule has 6 heteroatoms. The van der Waals surface area contributed by atoms with Crippen LogP contribution in [0.5, 0.6) is 0 Å². The number of rotatable bonds is 4. The molecule has 0 radical (unpaired) electrons. The van der Waals surface area contributed by atoms with Gasteiger partial charge in [-0.05, 0) is 29.8 Å². The van der Waals surface area contributed by atoms with Crippen molar-refractivity contribution in [1.82, 2.24) is 4.83 Å². The van der Waals surface area contributed by atoms with Crippen LogP contribution in [0.3, 0.4) is 0 Å². The summed E-state index contributed by atoms with van der Waals surface area (Å²) in [6.45, 7) is 0. The van der Waals surface area contributed by atoms with Crippen molar-refractivity contribution in [2.45, 2.75) is 4.90 Å². The van der Waals surface area contributed by atoms with E-state index < -0.39 is 10.0 Å². The van der Waals surface area contributed by atoms with Crippen LogP contribution in [0, 0.1) is 11.3 Å². The van der Waals surface area contributed by atoms with Gasteiger partial charge < -0.3 is 0 Å². The third-order valence-corrected chi connectivity index (χ3v) is 3.72. The Balaban J connectivity index is 2.08. The second-order valence-corrected chi connectivity index (χ2v) is 5.56. The first kappa shape index (κ1) is 13.8. The number of nitriles is 1. The third kappa shape index (κ3) is 3.43. The predicted octanol–water partition coefficient (Wildman–Crippen LogP) is 1.87. The van der Waals surface area contributed by atoms with Crippen molar-refractivity contribution in [3.05, 3.63) is 65.7 Å². The van der Waals surface area contributed by atoms with Crippen molar-refractivity contribution < 1.29 is 8.42 Å². The predicted molar refractivity (Wildman–Crippen MR) is 75.5 cm³/mol. The molecule has 0 saturated heterocycles. The summed E-state index contributed by atoms with van der Waals surface area (Å²) in [5.74, 6) is 0. The van der Waals surface area contributed by atoms with Crippen LogP contribution in [0.2, 0.25) is 0 Å². The van der Waals surface area contributed by atoms with Gasteiger partial charge in [0.2, 0.25) is 0 Å². The molecular formula is C14H11N3O2S. The molecule has 100 valence electrons. The zero-order valence-electron chi connectivity index (χ0n) is 10.4. The minimum atomic E-state index is -3.64. The number of benzene rings is 2. The van der Waals surface area contributed by atoms with Gasteiger partial charge in [0, 0.05) is 0 Å². The second-order valence-electron chi connectivity index (χ2n) is 3.90. The maximum atomic E-state index is 11.9. The van der Waals surface area contributed by atoms with Gasteiger partial charge in [0.1, 0.15) is 0 Å². The highest BCUT2D eigenvalue weighted by Gasteiger charge is 2.10. The normalized spacial score (nSPS) is 11.2. The molecule has 0 aliphatic heterocycles. The molecule has 0 aliphatic rings. The van der Waals surface area contributed by atoms with E-state index in [-0.39, 0.29) is 4.90 Å². The lowest BCUT2D eigenvalue weighted by Gasteiger charge is -2.02. The zero-order chi connectivity index (χ0) is 14.4. The van der Waals surface area contributed by atoms with Crippen LogP contribution in [-0.2, 0) is 10.0 Å². The van der Waals surface area contributed by atoms with Crippen molar-refractivity contribution in [1.29, 1.82) is 5.26 Å². The lowest BCUT2D eigenvalue weighted by atomic mass is 10.2. The molecule has 0 amide bonds. The largest absolute Gasteiger partial charge is 0.276 e. The van der Waals surface area contributed by atoms with E-state index in [1.807, 2.05) is 6.07 Å². The molecule has 20 heavy (non-hydrogen) atoms. The molecule has 0 spiro atoms. The summed E-state index contributed by atoms with van der Waals surface area (Å²) in [6.07, 6.45) is 1.38. The zero-order valence-corrected chi connectivity index (χ0v) is 11.2. The maximum absolute atomic E-state index is 11.9. The van der Waals surface area contributed by atoms with E-state index in [2.05, 4.69) is 9.93 Å². The third-order valence-electron chi connectivity index (χ3n) is 2.48. The van der Waals surface area contributed by atoms with Gasteiger partial charge >= 0.3 is 0 Å². The van der Waals surface area contributed by atoms with Gasteiger partial charge in [0.05, 0.1) is 22.7 Å². The van der Waals surface area contributed by atoms with Gasteiger partial charge in [0.25, 0.3) is 10.0 Å². The molecule has 5 nitrogen and oxygen atoms in total. The van der Waals surface area contributed by atoms with Crippen molar-refractivity contribution >= 4 is 16.2 Å². The number of hydrogen-bond acceptors (Lipinski definition) is 4. The molecule has 0 fully saturated rings. The SMILES string of the molecule is N#Cc1ccc(/C=N\NS(=O)(=O)c2ccccc2)cc1. The van der Waals surface area contributed by atoms with Crippen LogP contribution in [0.4, 0.5) is 0 Å². The van der Waals surface area contributed by atoms with Crippen LogP contribution in [0.25, 0.3) is 0 Å². The number of hydrazone groups is 1. The fourth-order valence-electron chi connectivity index (χ4n) is 1.47. The van der Waals surface area contributed by atoms with E-state index in [0.717, 1.165) is 0 Å². The Hall–Kier alpha value is -2.65. The van der Waals surface area contributed by atoms with Gasteiger partial charge in [-0.2, -0.15) is 18.8 Å². The highest BCUT2D eigenvalue weighted by Crippen LogP contribution is 2.07. The molecule has 0 bridgehead atoms. The average Bonchev–Trinajstić information content (AvgIpc) is 2.49. The van der Waals surface area contributed by atoms with Gasteiger partial charge in [-0.15, -0.1) is 0 Å². The first-order valence-electron chi connectivity index (χ1n) is 5.72. The summed E-state index contributed by atoms with van der Waals surface area (Å²) >= 11 is 0. The molecule has 2 aromatic rings. The molecule has 0 aliphatic carbocycles. The molecule has 0 saturated carbocycles. The second kappa shape index (κ2) is 5.99. The fraction of sp³-hybridized carbons (Fsp3) is 0. The molecule has 0 heterocycles. The summed E-state index contributed by atoms with van der Waals surface area (Å²) < 4.78 is 23.7. The number of nitrogens with zero attached hydrogens (tertiary/aromatic N) is 2. The van der Waals surface area contributed by atoms with E-state index in [1.165, 1.54) is 18.3 Å². The average molecular weight is 285 g/mol. The summed E-state index contributed by atoms with van der Waals surface area (Å²) in [7, 11) is -3.64. The van der Waals surface area contributed by atoms with Gasteiger partial charge in [-0.25, -0.2) is 4.83 Å². The Morgan fingerprint density at radius 2 is 1.70 bits per heavy atom. The Morgan fingerprint density at radius 3 is 2.30 bits per heavy atom. The molecule has 0 atom stereocenters. The lowest BCUT2D eigenvalue weighted by molar-refractivity contribution is 0.584. The quantitative estimate of drug-likeness (QED) is 0.687. The van der Waals surface area contributed by atoms with Crippen molar-refractivity contribution in [3.8, 4) is 6.07 Å². The Bertz CT molecular complexity index is 745. The van der Waals surface area contributed by atoms with Gasteiger partial charge in [0.15, 0.2) is 0 Å². The molecule has 2 rings (SSSR count). The monoisotopic (exact) mass is 285 g/mol. The molecule has 1 N–H and O–H groups in total. The highest BCUT2D eigenvalue weighted by atomic mass is 32.2. The molecule has 2 aromatic carbocycles. The molecule has 0 unspecified atom stereocenters. The van der Waals surface area contributed by atoms with Crippen LogP contribution in [0.15, 0.2) is 64.6 Å². The van der Waals surface area contributed by atoms with Crippen molar-refractivity contribution in [3.63, 3.8) is 0 Å². The molecular weight excluding hydrogens is 274 g/mol. The minimum absolute atomic E-state index is 0.150. The summed E-state index contributed by atoms with van der Waals surface area (Å²) in [5.41, 5.74) is 1.23. The fourth-order valence-corrected chi connectivity index (χ4v) is 2.28. The van der Waals surface area contributed by atoms with E-state index in [9.17, 15) is 8.42 Å². The standard InChI is InChI=1S/C14H11N3O2S/c15-10-12-6-8-13(9-7-12)11-16-17-20(18,19)14-4-2-1-3-5-14/h1-9,11,17H/b16-11-. The van der Waals surface area contributed by atoms with E-state index in [1.54, 1.807) is 42.5 Å². The summed E-state index contributed by atoms with van der Waals surface area (Å²) in [4.78, 5) is 2.28. The summed E-state index contributed by atoms with van der Waals surface area (Å²) in [6, 6.07) is 16.6. The Labute approximate surface area is 117 Å². The van der Waals surface area contributed by atoms with Gasteiger partial charge in [-0.3, -0.25) is 0 Å². The number of sulfonamides is 1. The van der Waals surface area contributed by atoms with Crippen LogP contribution in [0.1, 0.15) is 11.1 Å². The highest BCUT2D eigenvalue weighted by molar-refractivity contribution is 7.89. The van der Waals surface area contributed by atoms with Crippen LogP contribution >= 0.6 is 0 Å². The summed E-state index contributed by atoms with van der Waals surface area (Å²) in [5, 5.41) is 12.4. The first-order chi connectivity index (χ1) is 9.62. The van der Waals surface area contributed by atoms with E-state index in [4.69, 9.17) is 5.26 Å². The van der Waals surface area contributed by atoms with Crippen molar-refractivity contribution in [2.75, 3.05) is 0 Å². The minimum Gasteiger partial charge on any atom is -0.200 e. The first-order valence-corrected chi connectivity index (χ1v) is 7.20. The number of hydrogen-bond donors (Lipinski definition) is 1. The Morgan fingerprint density at radius 1 is 1.05 bits per heavy atom.